The van der Waals surface area contributed by atoms with Gasteiger partial charge in [0.15, 0.2) is 29.9 Å². The highest BCUT2D eigenvalue weighted by Crippen LogP contribution is 2.21. The van der Waals surface area contributed by atoms with Crippen molar-refractivity contribution in [2.75, 3.05) is 6.61 Å². The van der Waals surface area contributed by atoms with Crippen LogP contribution < -0.4 is 10.2 Å². The summed E-state index contributed by atoms with van der Waals surface area (Å²) in [5, 5.41) is 3.19. The Kier molecular flexibility index (Phi) is 5.91. The molecule has 4 nitrogen and oxygen atoms in total. The maximum absolute atomic E-state index is 13.4. The van der Waals surface area contributed by atoms with Crippen LogP contribution in [-0.2, 0) is 4.79 Å². The summed E-state index contributed by atoms with van der Waals surface area (Å²) in [5.41, 5.74) is 2.31. The molecule has 0 aliphatic carbocycles. The molecule has 0 heterocycles. The van der Waals surface area contributed by atoms with Crippen LogP contribution in [0.25, 0.3) is 0 Å². The maximum atomic E-state index is 13.4. The molecule has 0 spiro atoms. The first-order valence-electron chi connectivity index (χ1n) is 7.25. The van der Waals surface area contributed by atoms with Crippen molar-refractivity contribution in [3.63, 3.8) is 0 Å². The smallest absolute Gasteiger partial charge is 0.277 e. The van der Waals surface area contributed by atoms with Gasteiger partial charge in [-0.1, -0.05) is 12.1 Å². The molecule has 0 unspecified atom stereocenters. The van der Waals surface area contributed by atoms with E-state index in [2.05, 4.69) is 5.10 Å². The fourth-order valence-corrected chi connectivity index (χ4v) is 1.94. The number of aryl methyl sites for hydroxylation is 2. The molecule has 0 fully saturated rings. The molecule has 1 amide bonds. The van der Waals surface area contributed by atoms with Crippen molar-refractivity contribution in [1.82, 2.24) is 5.43 Å². The van der Waals surface area contributed by atoms with E-state index in [4.69, 9.17) is 4.74 Å². The maximum Gasteiger partial charge on any atom is 0.277 e. The average Bonchev–Trinajstić information content (AvgIpc) is 2.62. The number of nitrogens with one attached hydrogen (secondary N) is 1. The highest BCUT2D eigenvalue weighted by molar-refractivity contribution is 5.83. The van der Waals surface area contributed by atoms with Crippen molar-refractivity contribution in [3.05, 3.63) is 64.0 Å². The van der Waals surface area contributed by atoms with Crippen LogP contribution in [0.2, 0.25) is 0 Å². The molecule has 26 heavy (non-hydrogen) atoms. The van der Waals surface area contributed by atoms with Crippen molar-refractivity contribution in [2.45, 2.75) is 13.8 Å². The molecule has 2 aromatic carbocycles. The average molecular weight is 372 g/mol. The molecule has 0 aliphatic heterocycles. The molecular formula is C17H13F5N2O2. The SMILES string of the molecule is Cc1ccc(C)c(OCC(=O)NN=Cc2c(F)c(F)c(F)c(F)c2F)c1. The van der Waals surface area contributed by atoms with Gasteiger partial charge in [-0.2, -0.15) is 5.10 Å². The fourth-order valence-electron chi connectivity index (χ4n) is 1.94. The number of carbonyl (C=O) groups excluding carboxylic acids is 1. The number of hydrazone groups is 1. The second-order valence-electron chi connectivity index (χ2n) is 5.33. The third kappa shape index (κ3) is 4.16. The minimum Gasteiger partial charge on any atom is -0.483 e. The van der Waals surface area contributed by atoms with E-state index in [1.54, 1.807) is 19.1 Å². The topological polar surface area (TPSA) is 50.7 Å². The van der Waals surface area contributed by atoms with Gasteiger partial charge in [0.2, 0.25) is 5.82 Å². The summed E-state index contributed by atoms with van der Waals surface area (Å²) in [5.74, 6) is -10.9. The lowest BCUT2D eigenvalue weighted by Gasteiger charge is -2.09. The molecule has 0 saturated heterocycles. The number of nitrogens with zero attached hydrogens (tertiary/aromatic N) is 1. The first-order valence-corrected chi connectivity index (χ1v) is 7.25. The van der Waals surface area contributed by atoms with Crippen LogP contribution >= 0.6 is 0 Å². The van der Waals surface area contributed by atoms with Crippen LogP contribution in [-0.4, -0.2) is 18.7 Å². The van der Waals surface area contributed by atoms with Gasteiger partial charge in [0, 0.05) is 0 Å². The molecule has 0 radical (unpaired) electrons. The molecule has 138 valence electrons. The summed E-state index contributed by atoms with van der Waals surface area (Å²) >= 11 is 0. The second-order valence-corrected chi connectivity index (χ2v) is 5.33. The van der Waals surface area contributed by atoms with Crippen LogP contribution in [0, 0.1) is 42.9 Å². The Labute approximate surface area is 145 Å². The van der Waals surface area contributed by atoms with Gasteiger partial charge in [-0.15, -0.1) is 0 Å². The Bertz CT molecular complexity index is 855. The number of hydrogen-bond acceptors (Lipinski definition) is 3. The number of halogens is 5. The van der Waals surface area contributed by atoms with Crippen molar-refractivity contribution in [2.24, 2.45) is 5.10 Å². The van der Waals surface area contributed by atoms with Gasteiger partial charge in [0.25, 0.3) is 5.91 Å². The normalized spacial score (nSPS) is 11.0. The summed E-state index contributed by atoms with van der Waals surface area (Å²) < 4.78 is 71.1. The number of amides is 1. The van der Waals surface area contributed by atoms with Crippen LogP contribution in [0.1, 0.15) is 16.7 Å². The van der Waals surface area contributed by atoms with Gasteiger partial charge >= 0.3 is 0 Å². The van der Waals surface area contributed by atoms with Crippen LogP contribution in [0.4, 0.5) is 22.0 Å². The standard InChI is InChI=1S/C17H13F5N2O2/c1-8-3-4-9(2)11(5-8)26-7-12(25)24-23-6-10-13(18)15(20)17(22)16(21)14(10)19/h3-6H,7H2,1-2H3,(H,24,25). The van der Waals surface area contributed by atoms with Gasteiger partial charge in [-0.25, -0.2) is 27.4 Å². The molecule has 2 rings (SSSR count). The molecule has 2 aromatic rings. The molecule has 0 atom stereocenters. The van der Waals surface area contributed by atoms with Crippen molar-refractivity contribution >= 4 is 12.1 Å². The molecule has 9 heteroatoms. The Hall–Kier alpha value is -2.97. The van der Waals surface area contributed by atoms with Gasteiger partial charge in [0.05, 0.1) is 11.8 Å². The van der Waals surface area contributed by atoms with Crippen molar-refractivity contribution in [1.29, 1.82) is 0 Å². The molecule has 0 aromatic heterocycles. The monoisotopic (exact) mass is 372 g/mol. The highest BCUT2D eigenvalue weighted by Gasteiger charge is 2.24. The van der Waals surface area contributed by atoms with E-state index in [0.717, 1.165) is 11.1 Å². The summed E-state index contributed by atoms with van der Waals surface area (Å²) in [7, 11) is 0. The van der Waals surface area contributed by atoms with Crippen LogP contribution in [0.5, 0.6) is 5.75 Å². The zero-order valence-electron chi connectivity index (χ0n) is 13.7. The predicted molar refractivity (Wildman–Crippen MR) is 83.4 cm³/mol. The number of rotatable bonds is 5. The lowest BCUT2D eigenvalue weighted by Crippen LogP contribution is -2.25. The number of carbonyl (C=O) groups is 1. The van der Waals surface area contributed by atoms with E-state index >= 15 is 0 Å². The second kappa shape index (κ2) is 7.94. The molecular weight excluding hydrogens is 359 g/mol. The third-order valence-electron chi connectivity index (χ3n) is 3.33. The molecule has 1 N–H and O–H groups in total. The van der Waals surface area contributed by atoms with Gasteiger partial charge in [0.1, 0.15) is 5.75 Å². The van der Waals surface area contributed by atoms with Crippen LogP contribution in [0.15, 0.2) is 23.3 Å². The van der Waals surface area contributed by atoms with E-state index in [1.807, 2.05) is 18.4 Å². The quantitative estimate of drug-likeness (QED) is 0.287. The summed E-state index contributed by atoms with van der Waals surface area (Å²) in [6, 6.07) is 5.36. The van der Waals surface area contributed by atoms with Crippen LogP contribution in [0.3, 0.4) is 0 Å². The lowest BCUT2D eigenvalue weighted by molar-refractivity contribution is -0.123. The van der Waals surface area contributed by atoms with E-state index < -0.39 is 47.2 Å². The summed E-state index contributed by atoms with van der Waals surface area (Å²) in [6.07, 6.45) is 0.325. The van der Waals surface area contributed by atoms with E-state index in [1.165, 1.54) is 0 Å². The fraction of sp³-hybridized carbons (Fsp3) is 0.176. The number of benzene rings is 2. The third-order valence-corrected chi connectivity index (χ3v) is 3.33. The Morgan fingerprint density at radius 3 is 2.23 bits per heavy atom. The van der Waals surface area contributed by atoms with Crippen molar-refractivity contribution < 1.29 is 31.5 Å². The molecule has 0 aliphatic rings. The van der Waals surface area contributed by atoms with Gasteiger partial charge in [-0.05, 0) is 31.0 Å². The Balaban J connectivity index is 2.03. The first-order chi connectivity index (χ1) is 12.2. The lowest BCUT2D eigenvalue weighted by atomic mass is 10.1. The molecule has 0 bridgehead atoms. The minimum absolute atomic E-state index is 0.325. The predicted octanol–water partition coefficient (Wildman–Crippen LogP) is 3.53. The number of ether oxygens (including phenoxy) is 1. The van der Waals surface area contributed by atoms with Gasteiger partial charge in [-0.3, -0.25) is 4.79 Å². The summed E-state index contributed by atoms with van der Waals surface area (Å²) in [4.78, 5) is 11.6. The van der Waals surface area contributed by atoms with E-state index in [-0.39, 0.29) is 0 Å². The molecule has 0 saturated carbocycles. The van der Waals surface area contributed by atoms with E-state index in [9.17, 15) is 26.7 Å². The Morgan fingerprint density at radius 1 is 1.04 bits per heavy atom. The minimum atomic E-state index is -2.27. The van der Waals surface area contributed by atoms with Crippen molar-refractivity contribution in [3.8, 4) is 5.75 Å². The van der Waals surface area contributed by atoms with Gasteiger partial charge < -0.3 is 4.74 Å². The largest absolute Gasteiger partial charge is 0.483 e. The first kappa shape index (κ1) is 19.4. The zero-order chi connectivity index (χ0) is 19.4. The summed E-state index contributed by atoms with van der Waals surface area (Å²) in [6.45, 7) is 3.15. The highest BCUT2D eigenvalue weighted by atomic mass is 19.2. The van der Waals surface area contributed by atoms with E-state index in [0.29, 0.717) is 12.0 Å². The Morgan fingerprint density at radius 2 is 1.62 bits per heavy atom. The number of hydrogen-bond donors (Lipinski definition) is 1. The zero-order valence-corrected chi connectivity index (χ0v) is 13.7.